The van der Waals surface area contributed by atoms with E-state index in [2.05, 4.69) is 42.9 Å². The molecular weight excluding hydrogens is 652 g/mol. The Kier molecular flexibility index (Phi) is 11.0. The molecule has 1 aliphatic heterocycles. The van der Waals surface area contributed by atoms with Crippen LogP contribution >= 0.6 is 0 Å². The van der Waals surface area contributed by atoms with Crippen molar-refractivity contribution >= 4 is 34.7 Å². The molecule has 262 valence electrons. The average molecular weight is 691 g/mol. The number of nitrogens with two attached hydrogens (primary N) is 1. The second-order valence-corrected chi connectivity index (χ2v) is 12.2. The third-order valence-electron chi connectivity index (χ3n) is 8.99. The predicted molar refractivity (Wildman–Crippen MR) is 187 cm³/mol. The fraction of sp³-hybridized carbons (Fsp3) is 0.324. The van der Waals surface area contributed by atoms with Crippen molar-refractivity contribution in [2.45, 2.75) is 37.4 Å². The second kappa shape index (κ2) is 16.1. The first-order valence-corrected chi connectivity index (χ1v) is 16.8. The van der Waals surface area contributed by atoms with Crippen molar-refractivity contribution in [3.8, 4) is 16.9 Å². The molecule has 14 heteroatoms. The molecule has 0 bridgehead atoms. The number of nitrogens with one attached hydrogen (secondary N) is 3. The Morgan fingerprint density at radius 3 is 2.47 bits per heavy atom. The van der Waals surface area contributed by atoms with Crippen LogP contribution in [-0.4, -0.2) is 90.3 Å². The van der Waals surface area contributed by atoms with Crippen LogP contribution in [0.25, 0.3) is 26.9 Å². The van der Waals surface area contributed by atoms with Crippen molar-refractivity contribution in [3.05, 3.63) is 101 Å². The highest BCUT2D eigenvalue weighted by Crippen LogP contribution is 2.44. The van der Waals surface area contributed by atoms with Crippen molar-refractivity contribution in [2.24, 2.45) is 5.73 Å². The molecule has 5 N–H and O–H groups in total. The summed E-state index contributed by atoms with van der Waals surface area (Å²) in [7, 11) is 0. The number of carbonyl (C=O) groups excluding carboxylic acids is 4. The van der Waals surface area contributed by atoms with Crippen LogP contribution in [0.4, 0.5) is 4.79 Å². The van der Waals surface area contributed by atoms with Crippen LogP contribution in [0.1, 0.15) is 46.8 Å². The van der Waals surface area contributed by atoms with E-state index in [1.54, 1.807) is 18.2 Å². The Balaban J connectivity index is 0.946. The van der Waals surface area contributed by atoms with Gasteiger partial charge in [-0.3, -0.25) is 24.1 Å². The van der Waals surface area contributed by atoms with Crippen molar-refractivity contribution in [2.75, 3.05) is 39.4 Å². The van der Waals surface area contributed by atoms with Gasteiger partial charge in [-0.25, -0.2) is 21.3 Å². The van der Waals surface area contributed by atoms with Gasteiger partial charge in [0.25, 0.3) is 5.91 Å². The number of ether oxygens (including phenoxy) is 2. The summed E-state index contributed by atoms with van der Waals surface area (Å²) < 4.78 is 11.4. The number of carbonyl (C=O) groups is 4. The van der Waals surface area contributed by atoms with Gasteiger partial charge in [0.1, 0.15) is 30.4 Å². The molecule has 0 radical (unpaired) electrons. The summed E-state index contributed by atoms with van der Waals surface area (Å²) in [6.45, 7) is 8.01. The second-order valence-electron chi connectivity index (χ2n) is 12.2. The molecule has 4 aromatic rings. The fourth-order valence-corrected chi connectivity index (χ4v) is 6.43. The van der Waals surface area contributed by atoms with Crippen LogP contribution in [0.15, 0.2) is 73.1 Å². The summed E-state index contributed by atoms with van der Waals surface area (Å²) in [5.74, 6) is -0.958. The number of benzene rings is 3. The molecule has 1 saturated heterocycles. The molecule has 4 amide bonds. The van der Waals surface area contributed by atoms with Crippen LogP contribution in [0.5, 0.6) is 5.75 Å². The minimum atomic E-state index is -0.980. The lowest BCUT2D eigenvalue weighted by Gasteiger charge is -2.18. The lowest BCUT2D eigenvalue weighted by Crippen LogP contribution is -2.51. The van der Waals surface area contributed by atoms with Gasteiger partial charge in [-0.1, -0.05) is 48.5 Å². The summed E-state index contributed by atoms with van der Waals surface area (Å²) in [5.41, 5.74) is 10.8. The van der Waals surface area contributed by atoms with E-state index < -0.39 is 30.1 Å². The molecule has 1 aromatic heterocycles. The maximum absolute atomic E-state index is 13.0. The molecule has 2 heterocycles. The van der Waals surface area contributed by atoms with Crippen molar-refractivity contribution in [3.63, 3.8) is 0 Å². The normalized spacial score (nSPS) is 15.3. The number of aromatic nitrogens is 2. The molecule has 0 spiro atoms. The number of rotatable bonds is 13. The van der Waals surface area contributed by atoms with Gasteiger partial charge in [0, 0.05) is 37.4 Å². The van der Waals surface area contributed by atoms with Crippen molar-refractivity contribution in [1.29, 1.82) is 0 Å². The molecule has 1 aliphatic carbocycles. The van der Waals surface area contributed by atoms with E-state index in [-0.39, 0.29) is 50.4 Å². The van der Waals surface area contributed by atoms with E-state index in [9.17, 15) is 19.2 Å². The zero-order chi connectivity index (χ0) is 35.7. The maximum Gasteiger partial charge on any atom is 0.407 e. The monoisotopic (exact) mass is 690 g/mol. The molecule has 2 aliphatic rings. The fourth-order valence-electron chi connectivity index (χ4n) is 6.43. The van der Waals surface area contributed by atoms with E-state index in [4.69, 9.17) is 21.8 Å². The SMILES string of the molecule is [C-]#[N+]C1CCCN1C(=O)CNC(=O)c1ncnc2ccc(OCCCNC(=O)[C@@H](CN)NC(=O)OCC3c4ccccc4-c4ccccc43)cc12. The standard InChI is InChI=1S/C37H38N8O6/c1-39-32-12-6-16-45(32)33(46)20-41-36(48)34-28-18-23(13-14-30(28)42-22-43-34)50-17-7-15-40-35(47)31(19-38)44-37(49)51-21-29-26-10-4-2-8-24(26)25-9-3-5-11-27(25)29/h2-5,8-11,13-14,18,22,29,31-32H,6-7,12,15-17,19-21,38H2,(H,40,47)(H,41,48)(H,44,49)/t31-,32?/m1/s1. The Morgan fingerprint density at radius 2 is 1.75 bits per heavy atom. The molecule has 1 unspecified atom stereocenters. The highest BCUT2D eigenvalue weighted by molar-refractivity contribution is 6.05. The number of hydrogen-bond donors (Lipinski definition) is 4. The van der Waals surface area contributed by atoms with Crippen LogP contribution in [0.3, 0.4) is 0 Å². The Bertz CT molecular complexity index is 1930. The molecule has 0 saturated carbocycles. The third-order valence-corrected chi connectivity index (χ3v) is 8.99. The van der Waals surface area contributed by atoms with Crippen molar-refractivity contribution in [1.82, 2.24) is 30.8 Å². The lowest BCUT2D eigenvalue weighted by molar-refractivity contribution is -0.130. The van der Waals surface area contributed by atoms with Gasteiger partial charge >= 0.3 is 12.3 Å². The topological polar surface area (TPSA) is 182 Å². The van der Waals surface area contributed by atoms with Crippen LogP contribution in [0, 0.1) is 6.57 Å². The van der Waals surface area contributed by atoms with Crippen molar-refractivity contribution < 1.29 is 28.7 Å². The van der Waals surface area contributed by atoms with Gasteiger partial charge in [-0.05, 0) is 53.3 Å². The molecule has 2 atom stereocenters. The van der Waals surface area contributed by atoms with Gasteiger partial charge in [0.2, 0.25) is 11.8 Å². The smallest absolute Gasteiger partial charge is 0.407 e. The number of likely N-dealkylation sites (tertiary alicyclic amines) is 1. The first-order chi connectivity index (χ1) is 24.9. The van der Waals surface area contributed by atoms with Gasteiger partial charge in [-0.2, -0.15) is 0 Å². The Hall–Kier alpha value is -6.07. The lowest BCUT2D eigenvalue weighted by atomic mass is 9.98. The molecular formula is C37H38N8O6. The summed E-state index contributed by atoms with van der Waals surface area (Å²) in [4.78, 5) is 64.3. The first kappa shape index (κ1) is 34.8. The van der Waals surface area contributed by atoms with E-state index in [0.717, 1.165) is 28.7 Å². The molecule has 14 nitrogen and oxygen atoms in total. The van der Waals surface area contributed by atoms with Crippen LogP contribution in [0.2, 0.25) is 0 Å². The number of amides is 4. The van der Waals surface area contributed by atoms with Gasteiger partial charge in [0.15, 0.2) is 0 Å². The molecule has 6 rings (SSSR count). The van der Waals surface area contributed by atoms with Crippen LogP contribution in [-0.2, 0) is 14.3 Å². The first-order valence-electron chi connectivity index (χ1n) is 16.8. The molecule has 1 fully saturated rings. The molecule has 51 heavy (non-hydrogen) atoms. The highest BCUT2D eigenvalue weighted by atomic mass is 16.5. The minimum absolute atomic E-state index is 0.0883. The summed E-state index contributed by atoms with van der Waals surface area (Å²) in [5, 5.41) is 8.38. The number of nitrogens with zero attached hydrogens (tertiary/aromatic N) is 4. The minimum Gasteiger partial charge on any atom is -0.494 e. The molecule has 3 aromatic carbocycles. The van der Waals surface area contributed by atoms with E-state index in [1.807, 2.05) is 36.4 Å². The number of hydrogen-bond acceptors (Lipinski definition) is 9. The largest absolute Gasteiger partial charge is 0.494 e. The van der Waals surface area contributed by atoms with E-state index in [0.29, 0.717) is 36.0 Å². The number of alkyl carbamates (subject to hydrolysis) is 1. The average Bonchev–Trinajstić information content (AvgIpc) is 3.77. The summed E-state index contributed by atoms with van der Waals surface area (Å²) in [6, 6.07) is 20.1. The highest BCUT2D eigenvalue weighted by Gasteiger charge is 2.33. The van der Waals surface area contributed by atoms with Crippen LogP contribution < -0.4 is 26.4 Å². The van der Waals surface area contributed by atoms with E-state index in [1.165, 1.54) is 11.2 Å². The van der Waals surface area contributed by atoms with Gasteiger partial charge < -0.3 is 31.2 Å². The predicted octanol–water partition coefficient (Wildman–Crippen LogP) is 2.98. The van der Waals surface area contributed by atoms with E-state index >= 15 is 0 Å². The Labute approximate surface area is 294 Å². The number of fused-ring (bicyclic) bond motifs is 4. The zero-order valence-electron chi connectivity index (χ0n) is 27.8. The quantitative estimate of drug-likeness (QED) is 0.121. The zero-order valence-corrected chi connectivity index (χ0v) is 27.8. The third kappa shape index (κ3) is 7.89. The summed E-state index contributed by atoms with van der Waals surface area (Å²) in [6.07, 6.45) is 1.88. The Morgan fingerprint density at radius 1 is 1.00 bits per heavy atom. The van der Waals surface area contributed by atoms with Gasteiger partial charge in [-0.15, -0.1) is 0 Å². The maximum atomic E-state index is 13.0. The van der Waals surface area contributed by atoms with Gasteiger partial charge in [0.05, 0.1) is 18.7 Å². The summed E-state index contributed by atoms with van der Waals surface area (Å²) >= 11 is 0.